The molecule has 0 spiro atoms. The second kappa shape index (κ2) is 5.39. The molecule has 2 aromatic rings. The Bertz CT molecular complexity index is 483. The normalized spacial score (nSPS) is 21.5. The number of hydrogen-bond acceptors (Lipinski definition) is 3. The van der Waals surface area contributed by atoms with Gasteiger partial charge in [-0.05, 0) is 36.8 Å². The molecule has 0 saturated carbocycles. The van der Waals surface area contributed by atoms with E-state index in [1.807, 2.05) is 11.3 Å². The first kappa shape index (κ1) is 12.2. The Morgan fingerprint density at radius 3 is 3.11 bits per heavy atom. The highest BCUT2D eigenvalue weighted by Crippen LogP contribution is 2.29. The molecule has 96 valence electrons. The SMILES string of the molecule is CC(NCC1CCOC1)c1cc2ccccc2s1. The number of thiophene rings is 1. The molecule has 1 fully saturated rings. The lowest BCUT2D eigenvalue weighted by atomic mass is 10.1. The van der Waals surface area contributed by atoms with Crippen LogP contribution in [0.5, 0.6) is 0 Å². The minimum absolute atomic E-state index is 0.433. The van der Waals surface area contributed by atoms with Gasteiger partial charge in [-0.2, -0.15) is 0 Å². The van der Waals surface area contributed by atoms with Crippen LogP contribution in [0.15, 0.2) is 30.3 Å². The van der Waals surface area contributed by atoms with Crippen molar-refractivity contribution in [3.8, 4) is 0 Å². The summed E-state index contributed by atoms with van der Waals surface area (Å²) in [5, 5.41) is 4.99. The lowest BCUT2D eigenvalue weighted by molar-refractivity contribution is 0.184. The van der Waals surface area contributed by atoms with Crippen LogP contribution in [0.25, 0.3) is 10.1 Å². The molecule has 1 N–H and O–H groups in total. The van der Waals surface area contributed by atoms with Gasteiger partial charge in [0.1, 0.15) is 0 Å². The first-order valence-electron chi connectivity index (χ1n) is 6.62. The predicted octanol–water partition coefficient (Wildman–Crippen LogP) is 3.59. The van der Waals surface area contributed by atoms with E-state index in [-0.39, 0.29) is 0 Å². The summed E-state index contributed by atoms with van der Waals surface area (Å²) in [6, 6.07) is 11.3. The monoisotopic (exact) mass is 261 g/mol. The van der Waals surface area contributed by atoms with E-state index in [0.29, 0.717) is 12.0 Å². The van der Waals surface area contributed by atoms with Gasteiger partial charge in [-0.25, -0.2) is 0 Å². The van der Waals surface area contributed by atoms with Crippen molar-refractivity contribution in [3.63, 3.8) is 0 Å². The summed E-state index contributed by atoms with van der Waals surface area (Å²) in [6.45, 7) is 5.17. The third-order valence-electron chi connectivity index (χ3n) is 3.61. The molecule has 1 aromatic carbocycles. The van der Waals surface area contributed by atoms with E-state index in [1.54, 1.807) is 0 Å². The van der Waals surface area contributed by atoms with Crippen molar-refractivity contribution < 1.29 is 4.74 Å². The van der Waals surface area contributed by atoms with Gasteiger partial charge in [0, 0.05) is 28.8 Å². The summed E-state index contributed by atoms with van der Waals surface area (Å²) in [5.41, 5.74) is 0. The van der Waals surface area contributed by atoms with Crippen molar-refractivity contribution in [2.75, 3.05) is 19.8 Å². The summed E-state index contributed by atoms with van der Waals surface area (Å²) < 4.78 is 6.79. The summed E-state index contributed by atoms with van der Waals surface area (Å²) in [7, 11) is 0. The number of fused-ring (bicyclic) bond motifs is 1. The van der Waals surface area contributed by atoms with E-state index in [2.05, 4.69) is 42.6 Å². The topological polar surface area (TPSA) is 21.3 Å². The Kier molecular flexibility index (Phi) is 3.64. The fourth-order valence-electron chi connectivity index (χ4n) is 2.40. The molecule has 0 bridgehead atoms. The molecule has 1 saturated heterocycles. The fraction of sp³-hybridized carbons (Fsp3) is 0.467. The molecule has 2 unspecified atom stereocenters. The van der Waals surface area contributed by atoms with E-state index in [4.69, 9.17) is 4.74 Å². The van der Waals surface area contributed by atoms with Crippen molar-refractivity contribution in [2.45, 2.75) is 19.4 Å². The quantitative estimate of drug-likeness (QED) is 0.908. The van der Waals surface area contributed by atoms with Crippen LogP contribution in [0, 0.1) is 5.92 Å². The van der Waals surface area contributed by atoms with E-state index in [0.717, 1.165) is 19.8 Å². The molecule has 3 rings (SSSR count). The Morgan fingerprint density at radius 2 is 2.33 bits per heavy atom. The Balaban J connectivity index is 1.65. The number of ether oxygens (including phenoxy) is 1. The molecule has 1 aliphatic heterocycles. The Labute approximate surface area is 112 Å². The number of benzene rings is 1. The zero-order chi connectivity index (χ0) is 12.4. The van der Waals surface area contributed by atoms with Gasteiger partial charge in [0.05, 0.1) is 6.61 Å². The van der Waals surface area contributed by atoms with Crippen LogP contribution >= 0.6 is 11.3 Å². The number of rotatable bonds is 4. The zero-order valence-electron chi connectivity index (χ0n) is 10.7. The van der Waals surface area contributed by atoms with Crippen molar-refractivity contribution in [1.29, 1.82) is 0 Å². The van der Waals surface area contributed by atoms with Crippen LogP contribution in [0.4, 0.5) is 0 Å². The second-order valence-corrected chi connectivity index (χ2v) is 6.16. The van der Waals surface area contributed by atoms with Crippen LogP contribution in [0.1, 0.15) is 24.3 Å². The van der Waals surface area contributed by atoms with Crippen LogP contribution < -0.4 is 5.32 Å². The molecule has 0 aliphatic carbocycles. The number of hydrogen-bond donors (Lipinski definition) is 1. The fourth-order valence-corrected chi connectivity index (χ4v) is 3.50. The zero-order valence-corrected chi connectivity index (χ0v) is 11.5. The molecule has 0 amide bonds. The Morgan fingerprint density at radius 1 is 1.44 bits per heavy atom. The van der Waals surface area contributed by atoms with Crippen LogP contribution in [-0.2, 0) is 4.74 Å². The summed E-state index contributed by atoms with van der Waals surface area (Å²) in [6.07, 6.45) is 1.20. The maximum absolute atomic E-state index is 5.41. The maximum Gasteiger partial charge on any atom is 0.0507 e. The van der Waals surface area contributed by atoms with Crippen molar-refractivity contribution in [2.24, 2.45) is 5.92 Å². The highest BCUT2D eigenvalue weighted by molar-refractivity contribution is 7.19. The second-order valence-electron chi connectivity index (χ2n) is 5.05. The van der Waals surface area contributed by atoms with Gasteiger partial charge in [0.25, 0.3) is 0 Å². The highest BCUT2D eigenvalue weighted by Gasteiger charge is 2.17. The standard InChI is InChI=1S/C15H19NOS/c1-11(16-9-12-6-7-17-10-12)15-8-13-4-2-3-5-14(13)18-15/h2-5,8,11-12,16H,6-7,9-10H2,1H3. The minimum atomic E-state index is 0.433. The molecular formula is C15H19NOS. The summed E-state index contributed by atoms with van der Waals surface area (Å²) in [4.78, 5) is 1.43. The molecular weight excluding hydrogens is 242 g/mol. The van der Waals surface area contributed by atoms with Crippen molar-refractivity contribution >= 4 is 21.4 Å². The van der Waals surface area contributed by atoms with Crippen LogP contribution in [0.3, 0.4) is 0 Å². The summed E-state index contributed by atoms with van der Waals surface area (Å²) >= 11 is 1.89. The van der Waals surface area contributed by atoms with E-state index in [1.165, 1.54) is 21.4 Å². The van der Waals surface area contributed by atoms with Crippen molar-refractivity contribution in [1.82, 2.24) is 5.32 Å². The maximum atomic E-state index is 5.41. The van der Waals surface area contributed by atoms with E-state index < -0.39 is 0 Å². The summed E-state index contributed by atoms with van der Waals surface area (Å²) in [5.74, 6) is 0.696. The van der Waals surface area contributed by atoms with Crippen molar-refractivity contribution in [3.05, 3.63) is 35.2 Å². The lowest BCUT2D eigenvalue weighted by Gasteiger charge is -2.14. The molecule has 3 heteroatoms. The number of nitrogens with one attached hydrogen (secondary N) is 1. The average Bonchev–Trinajstić information content (AvgIpc) is 3.04. The van der Waals surface area contributed by atoms with Crippen LogP contribution in [-0.4, -0.2) is 19.8 Å². The average molecular weight is 261 g/mol. The molecule has 2 heterocycles. The van der Waals surface area contributed by atoms with Gasteiger partial charge in [-0.1, -0.05) is 18.2 Å². The molecule has 18 heavy (non-hydrogen) atoms. The van der Waals surface area contributed by atoms with Gasteiger partial charge in [0.2, 0.25) is 0 Å². The van der Waals surface area contributed by atoms with Crippen LogP contribution in [0.2, 0.25) is 0 Å². The van der Waals surface area contributed by atoms with Gasteiger partial charge < -0.3 is 10.1 Å². The van der Waals surface area contributed by atoms with Gasteiger partial charge in [-0.15, -0.1) is 11.3 Å². The van der Waals surface area contributed by atoms with E-state index in [9.17, 15) is 0 Å². The molecule has 1 aromatic heterocycles. The van der Waals surface area contributed by atoms with Gasteiger partial charge >= 0.3 is 0 Å². The van der Waals surface area contributed by atoms with Gasteiger partial charge in [0.15, 0.2) is 0 Å². The lowest BCUT2D eigenvalue weighted by Crippen LogP contribution is -2.25. The molecule has 2 nitrogen and oxygen atoms in total. The predicted molar refractivity (Wildman–Crippen MR) is 77.2 cm³/mol. The minimum Gasteiger partial charge on any atom is -0.381 e. The molecule has 1 aliphatic rings. The van der Waals surface area contributed by atoms with Gasteiger partial charge in [-0.3, -0.25) is 0 Å². The first-order chi connectivity index (χ1) is 8.83. The Hall–Kier alpha value is -0.900. The third-order valence-corrected chi connectivity index (χ3v) is 4.91. The van der Waals surface area contributed by atoms with E-state index >= 15 is 0 Å². The molecule has 2 atom stereocenters. The highest BCUT2D eigenvalue weighted by atomic mass is 32.1. The third kappa shape index (κ3) is 2.58. The smallest absolute Gasteiger partial charge is 0.0507 e. The molecule has 0 radical (unpaired) electrons. The largest absolute Gasteiger partial charge is 0.381 e. The first-order valence-corrected chi connectivity index (χ1v) is 7.44.